The van der Waals surface area contributed by atoms with E-state index in [1.165, 1.54) is 15.9 Å². The van der Waals surface area contributed by atoms with E-state index in [2.05, 4.69) is 5.32 Å². The molecule has 0 amide bonds. The van der Waals surface area contributed by atoms with E-state index in [1.807, 2.05) is 20.8 Å². The van der Waals surface area contributed by atoms with Gasteiger partial charge in [-0.2, -0.15) is 0 Å². The molecular formula is C18H28N4O3S. The van der Waals surface area contributed by atoms with Crippen molar-refractivity contribution in [3.63, 3.8) is 0 Å². The number of nitrogens with two attached hydrogens (primary N) is 1. The fourth-order valence-corrected chi connectivity index (χ4v) is 4.53. The molecule has 3 rings (SSSR count). The van der Waals surface area contributed by atoms with Crippen molar-refractivity contribution in [3.8, 4) is 0 Å². The second-order valence-corrected chi connectivity index (χ2v) is 8.15. The van der Waals surface area contributed by atoms with Crippen LogP contribution in [0.15, 0.2) is 9.59 Å². The lowest BCUT2D eigenvalue weighted by Gasteiger charge is -2.16. The summed E-state index contributed by atoms with van der Waals surface area (Å²) < 4.78 is 8.65. The summed E-state index contributed by atoms with van der Waals surface area (Å²) in [5, 5.41) is 3.95. The molecule has 7 nitrogen and oxygen atoms in total. The van der Waals surface area contributed by atoms with Crippen LogP contribution in [0.1, 0.15) is 37.1 Å². The first-order valence-corrected chi connectivity index (χ1v) is 10.0. The van der Waals surface area contributed by atoms with Crippen LogP contribution in [0.2, 0.25) is 0 Å². The first kappa shape index (κ1) is 19.3. The van der Waals surface area contributed by atoms with Crippen molar-refractivity contribution >= 4 is 21.6 Å². The van der Waals surface area contributed by atoms with Crippen LogP contribution in [0.4, 0.5) is 0 Å². The summed E-state index contributed by atoms with van der Waals surface area (Å²) in [5.41, 5.74) is 5.79. The van der Waals surface area contributed by atoms with E-state index in [-0.39, 0.29) is 16.8 Å². The number of hydrogen-bond donors (Lipinski definition) is 2. The van der Waals surface area contributed by atoms with Crippen LogP contribution in [-0.2, 0) is 23.4 Å². The van der Waals surface area contributed by atoms with Crippen molar-refractivity contribution in [2.45, 2.75) is 52.2 Å². The molecule has 0 spiro atoms. The highest BCUT2D eigenvalue weighted by molar-refractivity contribution is 7.18. The maximum absolute atomic E-state index is 13.2. The Bertz CT molecular complexity index is 908. The van der Waals surface area contributed by atoms with Crippen molar-refractivity contribution in [2.24, 2.45) is 5.73 Å². The molecule has 0 unspecified atom stereocenters. The average Bonchev–Trinajstić information content (AvgIpc) is 3.25. The van der Waals surface area contributed by atoms with Crippen LogP contribution in [0.3, 0.4) is 0 Å². The highest BCUT2D eigenvalue weighted by Gasteiger charge is 2.42. The second kappa shape index (κ2) is 7.64. The van der Waals surface area contributed by atoms with E-state index in [0.29, 0.717) is 44.8 Å². The predicted octanol–water partition coefficient (Wildman–Crippen LogP) is 1.13. The number of aromatic nitrogens is 2. The van der Waals surface area contributed by atoms with Gasteiger partial charge >= 0.3 is 5.69 Å². The summed E-state index contributed by atoms with van der Waals surface area (Å²) in [6.45, 7) is 9.33. The van der Waals surface area contributed by atoms with Gasteiger partial charge in [0, 0.05) is 31.1 Å². The van der Waals surface area contributed by atoms with Crippen molar-refractivity contribution in [1.82, 2.24) is 14.5 Å². The molecule has 2 aromatic rings. The number of rotatable bonds is 9. The van der Waals surface area contributed by atoms with Gasteiger partial charge in [-0.3, -0.25) is 13.9 Å². The van der Waals surface area contributed by atoms with E-state index >= 15 is 0 Å². The minimum atomic E-state index is -0.345. The summed E-state index contributed by atoms with van der Waals surface area (Å²) >= 11 is 1.52. The van der Waals surface area contributed by atoms with Crippen LogP contribution < -0.4 is 22.3 Å². The van der Waals surface area contributed by atoms with Crippen molar-refractivity contribution < 1.29 is 4.74 Å². The average molecular weight is 381 g/mol. The number of nitrogens with one attached hydrogen (secondary N) is 1. The number of aryl methyl sites for hydroxylation is 1. The Labute approximate surface area is 156 Å². The Morgan fingerprint density at radius 1 is 1.35 bits per heavy atom. The van der Waals surface area contributed by atoms with E-state index in [4.69, 9.17) is 10.5 Å². The smallest absolute Gasteiger partial charge is 0.332 e. The minimum Gasteiger partial charge on any atom is -0.380 e. The van der Waals surface area contributed by atoms with Gasteiger partial charge in [0.1, 0.15) is 4.83 Å². The van der Waals surface area contributed by atoms with Gasteiger partial charge in [0.15, 0.2) is 0 Å². The van der Waals surface area contributed by atoms with Gasteiger partial charge < -0.3 is 15.8 Å². The molecule has 0 aromatic carbocycles. The van der Waals surface area contributed by atoms with Gasteiger partial charge in [0.25, 0.3) is 5.56 Å². The third-order valence-electron chi connectivity index (χ3n) is 5.09. The fourth-order valence-electron chi connectivity index (χ4n) is 3.24. The minimum absolute atomic E-state index is 0.156. The largest absolute Gasteiger partial charge is 0.380 e. The molecule has 1 aliphatic rings. The molecule has 1 fully saturated rings. The van der Waals surface area contributed by atoms with Gasteiger partial charge in [0.05, 0.1) is 24.1 Å². The SMILES string of the molecule is CCOCCn1c(=O)n(C2(C)CC2)c(=O)c2c(C)c(CNCCN)sc21. The number of nitrogens with zero attached hydrogens (tertiary/aromatic N) is 2. The van der Waals surface area contributed by atoms with E-state index in [9.17, 15) is 9.59 Å². The number of fused-ring (bicyclic) bond motifs is 1. The lowest BCUT2D eigenvalue weighted by molar-refractivity contribution is 0.138. The van der Waals surface area contributed by atoms with Crippen LogP contribution >= 0.6 is 11.3 Å². The number of thiophene rings is 1. The molecule has 0 bridgehead atoms. The van der Waals surface area contributed by atoms with Gasteiger partial charge in [-0.1, -0.05) is 0 Å². The normalized spacial score (nSPS) is 15.7. The monoisotopic (exact) mass is 380 g/mol. The van der Waals surface area contributed by atoms with Crippen LogP contribution in [0.25, 0.3) is 10.2 Å². The molecular weight excluding hydrogens is 352 g/mol. The molecule has 1 aliphatic carbocycles. The van der Waals surface area contributed by atoms with Crippen molar-refractivity contribution in [1.29, 1.82) is 0 Å². The Balaban J connectivity index is 2.16. The number of hydrogen-bond acceptors (Lipinski definition) is 6. The topological polar surface area (TPSA) is 91.3 Å². The van der Waals surface area contributed by atoms with Gasteiger partial charge in [-0.05, 0) is 39.2 Å². The van der Waals surface area contributed by atoms with Crippen molar-refractivity contribution in [3.05, 3.63) is 31.3 Å². The Kier molecular flexibility index (Phi) is 5.67. The summed E-state index contributed by atoms with van der Waals surface area (Å²) in [6.07, 6.45) is 1.74. The Hall–Kier alpha value is -1.48. The molecule has 0 saturated heterocycles. The third kappa shape index (κ3) is 3.38. The summed E-state index contributed by atoms with van der Waals surface area (Å²) in [6, 6.07) is 0. The Morgan fingerprint density at radius 3 is 2.69 bits per heavy atom. The van der Waals surface area contributed by atoms with Crippen molar-refractivity contribution in [2.75, 3.05) is 26.3 Å². The summed E-state index contributed by atoms with van der Waals surface area (Å²) in [4.78, 5) is 28.1. The van der Waals surface area contributed by atoms with Crippen LogP contribution in [-0.4, -0.2) is 35.4 Å². The third-order valence-corrected chi connectivity index (χ3v) is 6.41. The molecule has 144 valence electrons. The first-order valence-electron chi connectivity index (χ1n) is 9.21. The van der Waals surface area contributed by atoms with E-state index < -0.39 is 0 Å². The molecule has 8 heteroatoms. The van der Waals surface area contributed by atoms with E-state index in [0.717, 1.165) is 28.1 Å². The summed E-state index contributed by atoms with van der Waals surface area (Å²) in [7, 11) is 0. The van der Waals surface area contributed by atoms with Gasteiger partial charge in [-0.15, -0.1) is 11.3 Å². The molecule has 3 N–H and O–H groups in total. The molecule has 2 aromatic heterocycles. The zero-order chi connectivity index (χ0) is 18.9. The van der Waals surface area contributed by atoms with Crippen LogP contribution in [0, 0.1) is 6.92 Å². The lowest BCUT2D eigenvalue weighted by Crippen LogP contribution is -2.45. The summed E-state index contributed by atoms with van der Waals surface area (Å²) in [5.74, 6) is 0. The quantitative estimate of drug-likeness (QED) is 0.636. The number of ether oxygens (including phenoxy) is 1. The zero-order valence-corrected chi connectivity index (χ0v) is 16.6. The highest BCUT2D eigenvalue weighted by atomic mass is 32.1. The zero-order valence-electron chi connectivity index (χ0n) is 15.8. The predicted molar refractivity (Wildman–Crippen MR) is 105 cm³/mol. The molecule has 0 atom stereocenters. The standard InChI is InChI=1S/C18H28N4O3S/c1-4-25-10-9-21-16-14(12(2)13(26-16)11-20-8-7-19)15(23)22(17(21)24)18(3)5-6-18/h20H,4-11,19H2,1-3H3. The fraction of sp³-hybridized carbons (Fsp3) is 0.667. The lowest BCUT2D eigenvalue weighted by atomic mass is 10.2. The molecule has 1 saturated carbocycles. The Morgan fingerprint density at radius 2 is 2.08 bits per heavy atom. The maximum atomic E-state index is 13.2. The molecule has 2 heterocycles. The van der Waals surface area contributed by atoms with Gasteiger partial charge in [-0.25, -0.2) is 4.79 Å². The van der Waals surface area contributed by atoms with E-state index in [1.54, 1.807) is 4.57 Å². The molecule has 26 heavy (non-hydrogen) atoms. The maximum Gasteiger partial charge on any atom is 0.332 e. The van der Waals surface area contributed by atoms with Gasteiger partial charge in [0.2, 0.25) is 0 Å². The van der Waals surface area contributed by atoms with Crippen LogP contribution in [0.5, 0.6) is 0 Å². The first-order chi connectivity index (χ1) is 12.4. The highest BCUT2D eigenvalue weighted by Crippen LogP contribution is 2.41. The molecule has 0 radical (unpaired) electrons. The molecule has 0 aliphatic heterocycles. The second-order valence-electron chi connectivity index (χ2n) is 7.06.